The molecule has 1 atom stereocenters. The van der Waals surface area contributed by atoms with Gasteiger partial charge in [-0.1, -0.05) is 47.6 Å². The quantitative estimate of drug-likeness (QED) is 0.446. The number of hydrogen-bond acceptors (Lipinski definition) is 5. The van der Waals surface area contributed by atoms with Crippen molar-refractivity contribution in [3.05, 3.63) is 23.8 Å². The lowest BCUT2D eigenvalue weighted by molar-refractivity contribution is -0.150. The lowest BCUT2D eigenvalue weighted by Gasteiger charge is -2.39. The van der Waals surface area contributed by atoms with Gasteiger partial charge >= 0.3 is 5.97 Å². The highest BCUT2D eigenvalue weighted by Gasteiger charge is 2.42. The normalized spacial score (nSPS) is 14.3. The van der Waals surface area contributed by atoms with Crippen LogP contribution in [0.5, 0.6) is 11.5 Å². The average molecular weight is 441 g/mol. The van der Waals surface area contributed by atoms with Crippen LogP contribution in [0.4, 0.5) is 0 Å². The minimum absolute atomic E-state index is 0.0305. The first kappa shape index (κ1) is 25.7. The molecule has 0 aliphatic heterocycles. The molecule has 5 nitrogen and oxygen atoms in total. The summed E-state index contributed by atoms with van der Waals surface area (Å²) in [5, 5.41) is 10.1. The maximum atomic E-state index is 11.6. The molecule has 0 aliphatic rings. The zero-order valence-electron chi connectivity index (χ0n) is 20.1. The van der Waals surface area contributed by atoms with E-state index in [-0.39, 0.29) is 16.5 Å². The predicted octanol–water partition coefficient (Wildman–Crippen LogP) is 5.53. The molecule has 0 radical (unpaired) electrons. The van der Waals surface area contributed by atoms with Crippen LogP contribution in [0, 0.1) is 0 Å². The van der Waals surface area contributed by atoms with Gasteiger partial charge in [-0.3, -0.25) is 0 Å². The number of aliphatic hydroxyl groups is 1. The molecule has 0 aromatic heterocycles. The molecule has 0 spiro atoms. The third-order valence-electron chi connectivity index (χ3n) is 6.25. The van der Waals surface area contributed by atoms with Gasteiger partial charge in [0, 0.05) is 6.42 Å². The summed E-state index contributed by atoms with van der Waals surface area (Å²) in [6.07, 6.45) is -1.03. The Kier molecular flexibility index (Phi) is 7.82. The van der Waals surface area contributed by atoms with Gasteiger partial charge in [0.1, 0.15) is 11.5 Å². The number of esters is 1. The van der Waals surface area contributed by atoms with Crippen molar-refractivity contribution < 1.29 is 23.5 Å². The molecule has 0 saturated heterocycles. The van der Waals surface area contributed by atoms with Crippen LogP contribution in [-0.2, 0) is 16.0 Å². The molecule has 0 heterocycles. The minimum atomic E-state index is -2.11. The van der Waals surface area contributed by atoms with Gasteiger partial charge in [-0.15, -0.1) is 0 Å². The second-order valence-corrected chi connectivity index (χ2v) is 20.2. The summed E-state index contributed by atoms with van der Waals surface area (Å²) in [5.41, 5.74) is 0.805. The number of benzene rings is 1. The monoisotopic (exact) mass is 440 g/mol. The number of rotatable bonds is 7. The minimum Gasteiger partial charge on any atom is -0.541 e. The summed E-state index contributed by atoms with van der Waals surface area (Å²) in [7, 11) is -2.90. The van der Waals surface area contributed by atoms with Gasteiger partial charge in [0.15, 0.2) is 6.10 Å². The maximum Gasteiger partial charge on any atom is 0.335 e. The van der Waals surface area contributed by atoms with Crippen LogP contribution in [0.3, 0.4) is 0 Å². The van der Waals surface area contributed by atoms with Crippen LogP contribution in [0.15, 0.2) is 18.2 Å². The van der Waals surface area contributed by atoms with Crippen LogP contribution in [-0.4, -0.2) is 40.9 Å². The Labute approximate surface area is 179 Å². The second-order valence-electron chi connectivity index (χ2n) is 10.7. The van der Waals surface area contributed by atoms with Crippen molar-refractivity contribution in [2.24, 2.45) is 0 Å². The van der Waals surface area contributed by atoms with E-state index in [0.29, 0.717) is 5.75 Å². The lowest BCUT2D eigenvalue weighted by atomic mass is 10.1. The molecule has 1 N–H and O–H groups in total. The molecular formula is C22H40O5Si2. The number of ether oxygens (including phenoxy) is 1. The van der Waals surface area contributed by atoms with E-state index in [1.54, 1.807) is 0 Å². The summed E-state index contributed by atoms with van der Waals surface area (Å²) < 4.78 is 17.8. The molecule has 0 fully saturated rings. The Morgan fingerprint density at radius 3 is 1.79 bits per heavy atom. The fourth-order valence-electron chi connectivity index (χ4n) is 2.14. The van der Waals surface area contributed by atoms with E-state index in [9.17, 15) is 9.90 Å². The molecule has 0 aliphatic carbocycles. The Hall–Kier alpha value is -1.32. The van der Waals surface area contributed by atoms with E-state index in [1.165, 1.54) is 7.11 Å². The van der Waals surface area contributed by atoms with Crippen LogP contribution < -0.4 is 8.85 Å². The maximum absolute atomic E-state index is 11.6. The highest BCUT2D eigenvalue weighted by molar-refractivity contribution is 6.75. The number of carbonyl (C=O) groups is 1. The first-order valence-electron chi connectivity index (χ1n) is 10.2. The molecule has 1 rings (SSSR count). The smallest absolute Gasteiger partial charge is 0.335 e. The van der Waals surface area contributed by atoms with Crippen molar-refractivity contribution >= 4 is 22.6 Å². The van der Waals surface area contributed by atoms with Crippen molar-refractivity contribution in [2.75, 3.05) is 7.11 Å². The molecule has 166 valence electrons. The van der Waals surface area contributed by atoms with Gasteiger partial charge in [0.25, 0.3) is 16.6 Å². The fourth-order valence-corrected chi connectivity index (χ4v) is 4.18. The van der Waals surface area contributed by atoms with E-state index in [0.717, 1.165) is 11.3 Å². The Bertz CT molecular complexity index is 715. The van der Waals surface area contributed by atoms with Crippen molar-refractivity contribution in [3.63, 3.8) is 0 Å². The van der Waals surface area contributed by atoms with Crippen LogP contribution in [0.25, 0.3) is 0 Å². The number of aliphatic hydroxyl groups excluding tert-OH is 1. The molecule has 1 aromatic carbocycles. The number of methoxy groups -OCH3 is 1. The molecule has 1 aromatic rings. The van der Waals surface area contributed by atoms with Crippen molar-refractivity contribution in [1.82, 2.24) is 0 Å². The zero-order valence-corrected chi connectivity index (χ0v) is 22.1. The molecular weight excluding hydrogens is 400 g/mol. The van der Waals surface area contributed by atoms with Crippen molar-refractivity contribution in [3.8, 4) is 11.5 Å². The van der Waals surface area contributed by atoms with Crippen LogP contribution in [0.2, 0.25) is 36.3 Å². The third-order valence-corrected chi connectivity index (χ3v) is 14.9. The van der Waals surface area contributed by atoms with E-state index >= 15 is 0 Å². The molecule has 0 saturated carbocycles. The Balaban J connectivity index is 3.36. The van der Waals surface area contributed by atoms with Gasteiger partial charge in [-0.2, -0.15) is 0 Å². The molecule has 29 heavy (non-hydrogen) atoms. The van der Waals surface area contributed by atoms with Gasteiger partial charge in [0.05, 0.1) is 7.11 Å². The standard InChI is InChI=1S/C22H40O5Si2/c1-21(2,3)28(8,9)26-18-13-12-16(14-17(23)20(24)25-7)15-19(18)27-29(10,11)22(4,5)6/h12-13,15,17,23H,14H2,1-11H3/t17-/m0/s1. The molecule has 0 amide bonds. The zero-order chi connectivity index (χ0) is 22.8. The third kappa shape index (κ3) is 6.59. The molecule has 0 bridgehead atoms. The van der Waals surface area contributed by atoms with Gasteiger partial charge in [0.2, 0.25) is 0 Å². The predicted molar refractivity (Wildman–Crippen MR) is 124 cm³/mol. The van der Waals surface area contributed by atoms with Crippen molar-refractivity contribution in [2.45, 2.75) is 90.3 Å². The first-order chi connectivity index (χ1) is 12.9. The van der Waals surface area contributed by atoms with Gasteiger partial charge < -0.3 is 18.7 Å². The summed E-state index contributed by atoms with van der Waals surface area (Å²) >= 11 is 0. The Morgan fingerprint density at radius 2 is 1.38 bits per heavy atom. The SMILES string of the molecule is COC(=O)[C@@H](O)Cc1ccc(O[Si](C)(C)C(C)(C)C)c(O[Si](C)(C)C(C)(C)C)c1. The number of hydrogen-bond donors (Lipinski definition) is 1. The highest BCUT2D eigenvalue weighted by Crippen LogP contribution is 2.43. The largest absolute Gasteiger partial charge is 0.541 e. The fraction of sp³-hybridized carbons (Fsp3) is 0.682. The second kappa shape index (κ2) is 8.82. The van der Waals surface area contributed by atoms with Gasteiger partial charge in [-0.25, -0.2) is 4.79 Å². The van der Waals surface area contributed by atoms with Crippen LogP contribution >= 0.6 is 0 Å². The lowest BCUT2D eigenvalue weighted by Crippen LogP contribution is -2.45. The first-order valence-corrected chi connectivity index (χ1v) is 16.0. The molecule has 7 heteroatoms. The summed E-state index contributed by atoms with van der Waals surface area (Å²) in [6, 6.07) is 5.69. The highest BCUT2D eigenvalue weighted by atomic mass is 28.4. The average Bonchev–Trinajstić information content (AvgIpc) is 2.53. The molecule has 0 unspecified atom stereocenters. The van der Waals surface area contributed by atoms with E-state index in [1.807, 2.05) is 18.2 Å². The summed E-state index contributed by atoms with van der Waals surface area (Å²) in [6.45, 7) is 22.0. The van der Waals surface area contributed by atoms with E-state index in [4.69, 9.17) is 8.85 Å². The summed E-state index contributed by atoms with van der Waals surface area (Å²) in [4.78, 5) is 11.6. The Morgan fingerprint density at radius 1 is 0.931 bits per heavy atom. The van der Waals surface area contributed by atoms with E-state index in [2.05, 4.69) is 72.5 Å². The topological polar surface area (TPSA) is 65.0 Å². The van der Waals surface area contributed by atoms with Gasteiger partial charge in [-0.05, 0) is 54.0 Å². The van der Waals surface area contributed by atoms with E-state index < -0.39 is 28.7 Å². The number of carbonyl (C=O) groups excluding carboxylic acids is 1. The summed E-state index contributed by atoms with van der Waals surface area (Å²) in [5.74, 6) is 0.784. The van der Waals surface area contributed by atoms with Crippen LogP contribution in [0.1, 0.15) is 47.1 Å². The van der Waals surface area contributed by atoms with Crippen molar-refractivity contribution in [1.29, 1.82) is 0 Å².